The van der Waals surface area contributed by atoms with Crippen LogP contribution in [0.1, 0.15) is 24.5 Å². The van der Waals surface area contributed by atoms with E-state index in [-0.39, 0.29) is 11.2 Å². The van der Waals surface area contributed by atoms with Gasteiger partial charge in [-0.05, 0) is 36.1 Å². The molecule has 0 saturated carbocycles. The summed E-state index contributed by atoms with van der Waals surface area (Å²) in [4.78, 5) is 0. The van der Waals surface area contributed by atoms with Crippen LogP contribution < -0.4 is 5.73 Å². The molecule has 1 nitrogen and oxygen atoms in total. The van der Waals surface area contributed by atoms with E-state index in [0.717, 1.165) is 18.4 Å². The van der Waals surface area contributed by atoms with Gasteiger partial charge in [0, 0.05) is 12.0 Å². The first-order chi connectivity index (χ1) is 6.15. The van der Waals surface area contributed by atoms with Crippen LogP contribution in [0, 0.1) is 5.82 Å². The molecule has 0 aliphatic heterocycles. The Morgan fingerprint density at radius 3 is 3.00 bits per heavy atom. The van der Waals surface area contributed by atoms with Crippen molar-refractivity contribution in [3.8, 4) is 0 Å². The predicted octanol–water partition coefficient (Wildman–Crippen LogP) is 1.99. The lowest BCUT2D eigenvalue weighted by atomic mass is 9.84. The minimum absolute atomic E-state index is 0.00255. The van der Waals surface area contributed by atoms with Gasteiger partial charge in [0.1, 0.15) is 5.82 Å². The van der Waals surface area contributed by atoms with Crippen LogP contribution in [0.15, 0.2) is 18.2 Å². The van der Waals surface area contributed by atoms with E-state index in [1.54, 1.807) is 6.07 Å². The first kappa shape index (κ1) is 8.70. The molecule has 1 aromatic carbocycles. The Hall–Kier alpha value is -0.890. The minimum atomic E-state index is -0.152. The molecule has 0 fully saturated rings. The van der Waals surface area contributed by atoms with E-state index in [2.05, 4.69) is 6.92 Å². The average molecular weight is 179 g/mol. The number of benzene rings is 1. The van der Waals surface area contributed by atoms with E-state index < -0.39 is 0 Å². The Morgan fingerprint density at radius 2 is 2.31 bits per heavy atom. The maximum atomic E-state index is 13.0. The molecule has 2 N–H and O–H groups in total. The smallest absolute Gasteiger partial charge is 0.123 e. The molecule has 0 saturated heterocycles. The zero-order valence-corrected chi connectivity index (χ0v) is 7.81. The summed E-state index contributed by atoms with van der Waals surface area (Å²) in [6.07, 6.45) is 2.08. The van der Waals surface area contributed by atoms with Crippen molar-refractivity contribution in [2.24, 2.45) is 5.73 Å². The highest BCUT2D eigenvalue weighted by atomic mass is 19.1. The van der Waals surface area contributed by atoms with Crippen LogP contribution >= 0.6 is 0 Å². The van der Waals surface area contributed by atoms with E-state index >= 15 is 0 Å². The number of halogens is 1. The van der Waals surface area contributed by atoms with Gasteiger partial charge in [0.2, 0.25) is 0 Å². The molecule has 1 unspecified atom stereocenters. The standard InChI is InChI=1S/C11H14FN/c1-11(7-13)5-4-8-2-3-9(12)6-10(8)11/h2-3,6H,4-5,7,13H2,1H3. The van der Waals surface area contributed by atoms with Crippen molar-refractivity contribution < 1.29 is 4.39 Å². The Balaban J connectivity index is 2.52. The van der Waals surface area contributed by atoms with Crippen molar-refractivity contribution in [3.05, 3.63) is 35.1 Å². The number of fused-ring (bicyclic) bond motifs is 1. The van der Waals surface area contributed by atoms with Crippen LogP contribution in [-0.4, -0.2) is 6.54 Å². The molecule has 1 aliphatic rings. The maximum absolute atomic E-state index is 13.0. The SMILES string of the molecule is CC1(CN)CCc2ccc(F)cc21. The molecule has 0 bridgehead atoms. The highest BCUT2D eigenvalue weighted by Crippen LogP contribution is 2.37. The third-order valence-corrected chi connectivity index (χ3v) is 3.12. The van der Waals surface area contributed by atoms with Crippen molar-refractivity contribution in [2.45, 2.75) is 25.2 Å². The number of aryl methyl sites for hydroxylation is 1. The van der Waals surface area contributed by atoms with Crippen molar-refractivity contribution in [1.29, 1.82) is 0 Å². The fraction of sp³-hybridized carbons (Fsp3) is 0.455. The van der Waals surface area contributed by atoms with Gasteiger partial charge in [-0.15, -0.1) is 0 Å². The van der Waals surface area contributed by atoms with E-state index in [1.807, 2.05) is 6.07 Å². The maximum Gasteiger partial charge on any atom is 0.123 e. The molecule has 0 radical (unpaired) electrons. The summed E-state index contributed by atoms with van der Waals surface area (Å²) in [6.45, 7) is 2.71. The molecule has 70 valence electrons. The van der Waals surface area contributed by atoms with Crippen LogP contribution in [0.3, 0.4) is 0 Å². The van der Waals surface area contributed by atoms with Crippen LogP contribution in [-0.2, 0) is 11.8 Å². The molecule has 1 aromatic rings. The lowest BCUT2D eigenvalue weighted by Gasteiger charge is -2.22. The lowest BCUT2D eigenvalue weighted by molar-refractivity contribution is 0.479. The number of hydrogen-bond acceptors (Lipinski definition) is 1. The summed E-state index contributed by atoms with van der Waals surface area (Å²) in [5, 5.41) is 0. The summed E-state index contributed by atoms with van der Waals surface area (Å²) in [5.74, 6) is -0.152. The molecule has 1 aliphatic carbocycles. The van der Waals surface area contributed by atoms with Gasteiger partial charge in [-0.25, -0.2) is 4.39 Å². The van der Waals surface area contributed by atoms with E-state index in [1.165, 1.54) is 11.6 Å². The number of rotatable bonds is 1. The molecular weight excluding hydrogens is 165 g/mol. The Kier molecular flexibility index (Phi) is 1.88. The van der Waals surface area contributed by atoms with Gasteiger partial charge in [-0.1, -0.05) is 13.0 Å². The molecule has 0 heterocycles. The number of hydrogen-bond donors (Lipinski definition) is 1. The zero-order chi connectivity index (χ0) is 9.47. The fourth-order valence-corrected chi connectivity index (χ4v) is 2.09. The van der Waals surface area contributed by atoms with Crippen molar-refractivity contribution in [3.63, 3.8) is 0 Å². The van der Waals surface area contributed by atoms with Crippen molar-refractivity contribution in [1.82, 2.24) is 0 Å². The highest BCUT2D eigenvalue weighted by molar-refractivity contribution is 5.39. The summed E-state index contributed by atoms with van der Waals surface area (Å²) >= 11 is 0. The topological polar surface area (TPSA) is 26.0 Å². The van der Waals surface area contributed by atoms with Crippen molar-refractivity contribution in [2.75, 3.05) is 6.54 Å². The highest BCUT2D eigenvalue weighted by Gasteiger charge is 2.32. The summed E-state index contributed by atoms with van der Waals surface area (Å²) in [6, 6.07) is 5.04. The molecule has 1 atom stereocenters. The zero-order valence-electron chi connectivity index (χ0n) is 7.81. The quantitative estimate of drug-likeness (QED) is 0.701. The van der Waals surface area contributed by atoms with Gasteiger partial charge in [-0.2, -0.15) is 0 Å². The van der Waals surface area contributed by atoms with Crippen LogP contribution in [0.5, 0.6) is 0 Å². The third-order valence-electron chi connectivity index (χ3n) is 3.12. The van der Waals surface area contributed by atoms with Gasteiger partial charge < -0.3 is 5.73 Å². The molecule has 0 spiro atoms. The van der Waals surface area contributed by atoms with E-state index in [4.69, 9.17) is 5.73 Å². The van der Waals surface area contributed by atoms with Gasteiger partial charge in [-0.3, -0.25) is 0 Å². The molecule has 0 aromatic heterocycles. The largest absolute Gasteiger partial charge is 0.330 e. The first-order valence-corrected chi connectivity index (χ1v) is 4.65. The fourth-order valence-electron chi connectivity index (χ4n) is 2.09. The van der Waals surface area contributed by atoms with Crippen LogP contribution in [0.4, 0.5) is 4.39 Å². The van der Waals surface area contributed by atoms with Gasteiger partial charge in [0.05, 0.1) is 0 Å². The predicted molar refractivity (Wildman–Crippen MR) is 51.1 cm³/mol. The Labute approximate surface area is 77.8 Å². The van der Waals surface area contributed by atoms with E-state index in [0.29, 0.717) is 6.54 Å². The van der Waals surface area contributed by atoms with Gasteiger partial charge in [0.25, 0.3) is 0 Å². The Bertz CT molecular complexity index is 335. The van der Waals surface area contributed by atoms with Gasteiger partial charge in [0.15, 0.2) is 0 Å². The first-order valence-electron chi connectivity index (χ1n) is 4.65. The van der Waals surface area contributed by atoms with Crippen molar-refractivity contribution >= 4 is 0 Å². The average Bonchev–Trinajstić information content (AvgIpc) is 2.45. The van der Waals surface area contributed by atoms with Crippen LogP contribution in [0.2, 0.25) is 0 Å². The van der Waals surface area contributed by atoms with Crippen LogP contribution in [0.25, 0.3) is 0 Å². The Morgan fingerprint density at radius 1 is 1.54 bits per heavy atom. The third kappa shape index (κ3) is 1.25. The number of nitrogens with two attached hydrogens (primary N) is 1. The summed E-state index contributed by atoms with van der Waals surface area (Å²) < 4.78 is 13.0. The summed E-state index contributed by atoms with van der Waals surface area (Å²) in [7, 11) is 0. The monoisotopic (exact) mass is 179 g/mol. The van der Waals surface area contributed by atoms with Gasteiger partial charge >= 0.3 is 0 Å². The summed E-state index contributed by atoms with van der Waals surface area (Å²) in [5.41, 5.74) is 8.07. The molecule has 13 heavy (non-hydrogen) atoms. The normalized spacial score (nSPS) is 26.1. The van der Waals surface area contributed by atoms with E-state index in [9.17, 15) is 4.39 Å². The second kappa shape index (κ2) is 2.81. The molecule has 2 heteroatoms. The second-order valence-corrected chi connectivity index (χ2v) is 4.07. The lowest BCUT2D eigenvalue weighted by Crippen LogP contribution is -2.29. The molecule has 2 rings (SSSR count). The minimum Gasteiger partial charge on any atom is -0.330 e. The second-order valence-electron chi connectivity index (χ2n) is 4.07. The molecular formula is C11H14FN. The molecule has 0 amide bonds.